The third-order valence-electron chi connectivity index (χ3n) is 1.42. The molecule has 0 fully saturated rings. The molecular weight excluding hydrogens is 140 g/mol. The minimum Gasteiger partial charge on any atom is -0.413 e. The second-order valence-electron chi connectivity index (χ2n) is 2.60. The number of hydrogen-bond donors (Lipinski definition) is 0. The van der Waals surface area contributed by atoms with Gasteiger partial charge in [0.2, 0.25) is 8.32 Å². The van der Waals surface area contributed by atoms with Gasteiger partial charge in [-0.25, -0.2) is 0 Å². The molecule has 0 saturated carbocycles. The van der Waals surface area contributed by atoms with Gasteiger partial charge in [0.15, 0.2) is 0 Å². The van der Waals surface area contributed by atoms with Crippen LogP contribution >= 0.6 is 0 Å². The van der Waals surface area contributed by atoms with Crippen LogP contribution in [0.25, 0.3) is 0 Å². The predicted octanol–water partition coefficient (Wildman–Crippen LogP) is 2.31. The number of hydrogen-bond acceptors (Lipinski definition) is 1. The van der Waals surface area contributed by atoms with E-state index >= 15 is 0 Å². The molecule has 0 spiro atoms. The van der Waals surface area contributed by atoms with E-state index in [1.807, 2.05) is 6.92 Å². The number of rotatable bonds is 4. The quantitative estimate of drug-likeness (QED) is 0.447. The molecule has 0 aromatic carbocycles. The van der Waals surface area contributed by atoms with E-state index in [-0.39, 0.29) is 0 Å². The normalized spacial score (nSPS) is 11.1. The van der Waals surface area contributed by atoms with Gasteiger partial charge in [0, 0.05) is 6.61 Å². The van der Waals surface area contributed by atoms with Crippen LogP contribution in [0.4, 0.5) is 0 Å². The maximum Gasteiger partial charge on any atom is 0.218 e. The summed E-state index contributed by atoms with van der Waals surface area (Å²) in [5.41, 5.74) is 0. The second-order valence-corrected chi connectivity index (χ2v) is 6.49. The fourth-order valence-corrected chi connectivity index (χ4v) is 2.07. The smallest absolute Gasteiger partial charge is 0.218 e. The molecule has 1 radical (unpaired) electrons. The molecule has 0 aliphatic rings. The molecule has 0 aromatic rings. The highest BCUT2D eigenvalue weighted by atomic mass is 28.4. The van der Waals surface area contributed by atoms with Gasteiger partial charge in [-0.1, -0.05) is 19.2 Å². The molecule has 0 N–H and O–H groups in total. The van der Waals surface area contributed by atoms with Crippen molar-refractivity contribution in [2.75, 3.05) is 6.61 Å². The molecule has 57 valence electrons. The zero-order chi connectivity index (χ0) is 8.20. The Labute approximate surface area is 64.5 Å². The van der Waals surface area contributed by atoms with Crippen LogP contribution in [0.15, 0.2) is 17.9 Å². The second kappa shape index (κ2) is 3.74. The lowest BCUT2D eigenvalue weighted by Crippen LogP contribution is -2.32. The summed E-state index contributed by atoms with van der Waals surface area (Å²) in [5.74, 6) is 0. The van der Waals surface area contributed by atoms with Crippen LogP contribution in [0.5, 0.6) is 0 Å². The lowest BCUT2D eigenvalue weighted by atomic mass is 10.6. The van der Waals surface area contributed by atoms with Gasteiger partial charge in [-0.05, 0) is 25.2 Å². The predicted molar refractivity (Wildman–Crippen MR) is 47.1 cm³/mol. The Kier molecular flexibility index (Phi) is 3.61. The topological polar surface area (TPSA) is 9.23 Å². The first-order valence-electron chi connectivity index (χ1n) is 3.44. The van der Waals surface area contributed by atoms with E-state index in [1.165, 1.54) is 0 Å². The first-order chi connectivity index (χ1) is 4.54. The summed E-state index contributed by atoms with van der Waals surface area (Å²) < 4.78 is 5.49. The first kappa shape index (κ1) is 9.66. The van der Waals surface area contributed by atoms with Crippen molar-refractivity contribution in [2.24, 2.45) is 0 Å². The van der Waals surface area contributed by atoms with E-state index in [0.717, 1.165) is 11.8 Å². The molecule has 0 saturated heterocycles. The van der Waals surface area contributed by atoms with Crippen molar-refractivity contribution < 1.29 is 4.43 Å². The van der Waals surface area contributed by atoms with Gasteiger partial charge in [-0.2, -0.15) is 0 Å². The average molecular weight is 155 g/mol. The van der Waals surface area contributed by atoms with Gasteiger partial charge in [0.05, 0.1) is 0 Å². The Morgan fingerprint density at radius 2 is 2.20 bits per heavy atom. The summed E-state index contributed by atoms with van der Waals surface area (Å²) >= 11 is 0. The van der Waals surface area contributed by atoms with Crippen LogP contribution in [-0.2, 0) is 4.43 Å². The van der Waals surface area contributed by atoms with Crippen LogP contribution in [0.3, 0.4) is 0 Å². The molecule has 0 aliphatic carbocycles. The van der Waals surface area contributed by atoms with Crippen LogP contribution < -0.4 is 0 Å². The van der Waals surface area contributed by atoms with E-state index in [9.17, 15) is 0 Å². The molecule has 0 rings (SSSR count). The molecule has 10 heavy (non-hydrogen) atoms. The lowest BCUT2D eigenvalue weighted by molar-refractivity contribution is 0.336. The van der Waals surface area contributed by atoms with Crippen molar-refractivity contribution in [3.05, 3.63) is 24.4 Å². The Hall–Kier alpha value is -0.343. The average Bonchev–Trinajstić information content (AvgIpc) is 1.86. The minimum absolute atomic E-state index is 0.730. The summed E-state index contributed by atoms with van der Waals surface area (Å²) in [7, 11) is -1.73. The van der Waals surface area contributed by atoms with Gasteiger partial charge in [-0.3, -0.25) is 0 Å². The molecule has 1 nitrogen and oxygen atoms in total. The van der Waals surface area contributed by atoms with Crippen LogP contribution in [-0.4, -0.2) is 14.9 Å². The van der Waals surface area contributed by atoms with Crippen molar-refractivity contribution in [1.82, 2.24) is 0 Å². The highest BCUT2D eigenvalue weighted by molar-refractivity contribution is 6.78. The Morgan fingerprint density at radius 1 is 1.70 bits per heavy atom. The molecule has 0 heterocycles. The fraction of sp³-hybridized carbons (Fsp3) is 0.500. The third kappa shape index (κ3) is 2.50. The van der Waals surface area contributed by atoms with Crippen molar-refractivity contribution in [2.45, 2.75) is 20.0 Å². The van der Waals surface area contributed by atoms with Crippen molar-refractivity contribution >= 4 is 8.32 Å². The molecule has 0 aliphatic heterocycles. The largest absolute Gasteiger partial charge is 0.413 e. The van der Waals surface area contributed by atoms with E-state index in [1.54, 1.807) is 6.08 Å². The van der Waals surface area contributed by atoms with Gasteiger partial charge in [0.1, 0.15) is 0 Å². The Bertz CT molecular complexity index is 138. The van der Waals surface area contributed by atoms with E-state index in [2.05, 4.69) is 19.7 Å². The minimum atomic E-state index is -1.73. The van der Waals surface area contributed by atoms with Crippen LogP contribution in [0, 0.1) is 6.58 Å². The summed E-state index contributed by atoms with van der Waals surface area (Å²) in [4.78, 5) is 0. The maximum atomic E-state index is 5.67. The molecule has 2 heteroatoms. The summed E-state index contributed by atoms with van der Waals surface area (Å²) in [5, 5.41) is 0.814. The van der Waals surface area contributed by atoms with E-state index < -0.39 is 8.32 Å². The van der Waals surface area contributed by atoms with E-state index in [4.69, 9.17) is 11.0 Å². The highest BCUT2D eigenvalue weighted by Crippen LogP contribution is 2.14. The molecule has 0 amide bonds. The molecular formula is C8H15OSi. The summed E-state index contributed by atoms with van der Waals surface area (Å²) in [6.07, 6.45) is 1.68. The Balaban J connectivity index is 4.08. The monoisotopic (exact) mass is 155 g/mol. The van der Waals surface area contributed by atoms with Gasteiger partial charge in [0.25, 0.3) is 0 Å². The fourth-order valence-electron chi connectivity index (χ4n) is 0.690. The number of allylic oxidation sites excluding steroid dienone is 2. The first-order valence-corrected chi connectivity index (χ1v) is 6.34. The summed E-state index contributed by atoms with van der Waals surface area (Å²) in [6, 6.07) is 0. The standard InChI is InChI=1S/C8H15OSi/c1-6-8(3)10(4,5)9-7-2/h3,6H,1,7H2,2,4-5H3. The van der Waals surface area contributed by atoms with Crippen molar-refractivity contribution in [1.29, 1.82) is 0 Å². The van der Waals surface area contributed by atoms with Gasteiger partial charge < -0.3 is 4.43 Å². The molecule has 0 aromatic heterocycles. The zero-order valence-corrected chi connectivity index (χ0v) is 7.98. The van der Waals surface area contributed by atoms with Crippen molar-refractivity contribution in [3.8, 4) is 0 Å². The zero-order valence-electron chi connectivity index (χ0n) is 6.98. The maximum absolute atomic E-state index is 5.67. The third-order valence-corrected chi connectivity index (χ3v) is 4.03. The van der Waals surface area contributed by atoms with Gasteiger partial charge >= 0.3 is 0 Å². The van der Waals surface area contributed by atoms with E-state index in [0.29, 0.717) is 0 Å². The molecule has 0 atom stereocenters. The highest BCUT2D eigenvalue weighted by Gasteiger charge is 2.23. The van der Waals surface area contributed by atoms with Crippen LogP contribution in [0.1, 0.15) is 6.92 Å². The van der Waals surface area contributed by atoms with Crippen LogP contribution in [0.2, 0.25) is 13.1 Å². The van der Waals surface area contributed by atoms with Gasteiger partial charge in [-0.15, -0.1) is 0 Å². The molecule has 0 bridgehead atoms. The Morgan fingerprint density at radius 3 is 2.50 bits per heavy atom. The molecule has 0 unspecified atom stereocenters. The SMILES string of the molecule is [CH]=C(C=C)[Si](C)(C)OCC. The lowest BCUT2D eigenvalue weighted by Gasteiger charge is -2.21. The summed E-state index contributed by atoms with van der Waals surface area (Å²) in [6.45, 7) is 16.1. The van der Waals surface area contributed by atoms with Crippen molar-refractivity contribution in [3.63, 3.8) is 0 Å².